The molecule has 2 heterocycles. The summed E-state index contributed by atoms with van der Waals surface area (Å²) >= 11 is 0. The highest BCUT2D eigenvalue weighted by Crippen LogP contribution is 2.17. The number of carboxylic acid groups (broad SMARTS) is 1. The lowest BCUT2D eigenvalue weighted by atomic mass is 10.1. The van der Waals surface area contributed by atoms with Crippen molar-refractivity contribution in [3.63, 3.8) is 0 Å². The number of hydrogen-bond donors (Lipinski definition) is 1. The smallest absolute Gasteiger partial charge is 0.338 e. The number of aromatic carboxylic acids is 1. The van der Waals surface area contributed by atoms with Crippen LogP contribution in [0.2, 0.25) is 0 Å². The van der Waals surface area contributed by atoms with Gasteiger partial charge in [0.15, 0.2) is 0 Å². The Balaban J connectivity index is 1.82. The topological polar surface area (TPSA) is 56.9 Å². The number of nitrogens with zero attached hydrogens (tertiary/aromatic N) is 2. The van der Waals surface area contributed by atoms with E-state index in [1.807, 2.05) is 7.05 Å². The largest absolute Gasteiger partial charge is 0.478 e. The molecule has 0 aromatic carbocycles. The summed E-state index contributed by atoms with van der Waals surface area (Å²) in [5.41, 5.74) is 0.221. The Bertz CT molecular complexity index is 416. The molecule has 1 aliphatic rings. The Morgan fingerprint density at radius 1 is 1.67 bits per heavy atom. The lowest BCUT2D eigenvalue weighted by molar-refractivity contribution is 0.0696. The Morgan fingerprint density at radius 3 is 3.00 bits per heavy atom. The van der Waals surface area contributed by atoms with Gasteiger partial charge in [-0.1, -0.05) is 0 Å². The number of furan rings is 1. The molecule has 1 unspecified atom stereocenters. The van der Waals surface area contributed by atoms with Gasteiger partial charge in [0, 0.05) is 13.1 Å². The van der Waals surface area contributed by atoms with Gasteiger partial charge in [-0.05, 0) is 39.0 Å². The van der Waals surface area contributed by atoms with Crippen molar-refractivity contribution in [2.24, 2.45) is 5.92 Å². The van der Waals surface area contributed by atoms with E-state index in [2.05, 4.69) is 16.8 Å². The van der Waals surface area contributed by atoms with Gasteiger partial charge < -0.3 is 14.4 Å². The lowest BCUT2D eigenvalue weighted by Crippen LogP contribution is -2.26. The molecular weight excluding hydrogens is 232 g/mol. The molecule has 2 rings (SSSR count). The van der Waals surface area contributed by atoms with Gasteiger partial charge in [-0.25, -0.2) is 4.79 Å². The normalized spacial score (nSPS) is 20.7. The summed E-state index contributed by atoms with van der Waals surface area (Å²) in [5.74, 6) is 0.472. The van der Waals surface area contributed by atoms with Crippen LogP contribution in [0, 0.1) is 5.92 Å². The van der Waals surface area contributed by atoms with Gasteiger partial charge in [-0.3, -0.25) is 4.90 Å². The monoisotopic (exact) mass is 252 g/mol. The van der Waals surface area contributed by atoms with Gasteiger partial charge in [0.2, 0.25) is 0 Å². The Morgan fingerprint density at radius 2 is 2.44 bits per heavy atom. The second kappa shape index (κ2) is 5.54. The van der Waals surface area contributed by atoms with Gasteiger partial charge in [-0.15, -0.1) is 0 Å². The fourth-order valence-electron chi connectivity index (χ4n) is 2.52. The predicted octanol–water partition coefficient (Wildman–Crippen LogP) is 1.36. The van der Waals surface area contributed by atoms with Crippen molar-refractivity contribution in [1.82, 2.24) is 9.80 Å². The van der Waals surface area contributed by atoms with E-state index >= 15 is 0 Å². The molecular formula is C13H20N2O3. The first-order chi connectivity index (χ1) is 8.54. The van der Waals surface area contributed by atoms with Crippen LogP contribution in [0.25, 0.3) is 0 Å². The lowest BCUT2D eigenvalue weighted by Gasteiger charge is -2.19. The first kappa shape index (κ1) is 13.1. The van der Waals surface area contributed by atoms with E-state index < -0.39 is 5.97 Å². The minimum absolute atomic E-state index is 0.221. The predicted molar refractivity (Wildman–Crippen MR) is 67.6 cm³/mol. The molecule has 1 fully saturated rings. The van der Waals surface area contributed by atoms with Gasteiger partial charge in [0.05, 0.1) is 12.1 Å². The van der Waals surface area contributed by atoms with Gasteiger partial charge in [-0.2, -0.15) is 0 Å². The van der Waals surface area contributed by atoms with Gasteiger partial charge in [0.1, 0.15) is 12.0 Å². The molecule has 1 saturated heterocycles. The Labute approximate surface area is 107 Å². The summed E-state index contributed by atoms with van der Waals surface area (Å²) in [6, 6.07) is 1.60. The van der Waals surface area contributed by atoms with Crippen molar-refractivity contribution < 1.29 is 14.3 Å². The molecule has 5 heteroatoms. The van der Waals surface area contributed by atoms with Crippen LogP contribution >= 0.6 is 0 Å². The third-order valence-electron chi connectivity index (χ3n) is 3.39. The fraction of sp³-hybridized carbons (Fsp3) is 0.615. The quantitative estimate of drug-likeness (QED) is 0.857. The highest BCUT2D eigenvalue weighted by atomic mass is 16.4. The van der Waals surface area contributed by atoms with Crippen LogP contribution in [0.5, 0.6) is 0 Å². The van der Waals surface area contributed by atoms with Crippen LogP contribution in [0.4, 0.5) is 0 Å². The third-order valence-corrected chi connectivity index (χ3v) is 3.39. The summed E-state index contributed by atoms with van der Waals surface area (Å²) in [6.45, 7) is 3.99. The van der Waals surface area contributed by atoms with Crippen LogP contribution in [0.3, 0.4) is 0 Å². The number of rotatable bonds is 5. The van der Waals surface area contributed by atoms with Crippen molar-refractivity contribution in [1.29, 1.82) is 0 Å². The zero-order valence-corrected chi connectivity index (χ0v) is 10.9. The molecule has 5 nitrogen and oxygen atoms in total. The minimum Gasteiger partial charge on any atom is -0.478 e. The summed E-state index contributed by atoms with van der Waals surface area (Å²) in [4.78, 5) is 15.3. The molecule has 100 valence electrons. The summed E-state index contributed by atoms with van der Waals surface area (Å²) in [7, 11) is 4.19. The zero-order chi connectivity index (χ0) is 13.1. The standard InChI is InChI=1S/C13H20N2O3/c1-14-4-3-10(6-14)7-15(2)8-12-5-11(9-18-12)13(16)17/h5,9-10H,3-4,6-8H2,1-2H3,(H,16,17). The molecule has 1 atom stereocenters. The highest BCUT2D eigenvalue weighted by molar-refractivity contribution is 5.87. The highest BCUT2D eigenvalue weighted by Gasteiger charge is 2.21. The molecule has 0 saturated carbocycles. The van der Waals surface area contributed by atoms with Crippen molar-refractivity contribution in [2.45, 2.75) is 13.0 Å². The maximum atomic E-state index is 10.7. The molecule has 0 aliphatic carbocycles. The van der Waals surface area contributed by atoms with E-state index in [9.17, 15) is 4.79 Å². The van der Waals surface area contributed by atoms with E-state index in [4.69, 9.17) is 9.52 Å². The Hall–Kier alpha value is -1.33. The SMILES string of the molecule is CN1CCC(CN(C)Cc2cc(C(=O)O)co2)C1. The molecule has 0 spiro atoms. The number of hydrogen-bond acceptors (Lipinski definition) is 4. The van der Waals surface area contributed by atoms with Gasteiger partial charge in [0.25, 0.3) is 0 Å². The summed E-state index contributed by atoms with van der Waals surface area (Å²) in [5, 5.41) is 8.81. The third kappa shape index (κ3) is 3.34. The number of likely N-dealkylation sites (tertiary alicyclic amines) is 1. The molecule has 0 radical (unpaired) electrons. The van der Waals surface area contributed by atoms with Crippen LogP contribution < -0.4 is 0 Å². The van der Waals surface area contributed by atoms with Crippen molar-refractivity contribution in [3.05, 3.63) is 23.7 Å². The fourth-order valence-corrected chi connectivity index (χ4v) is 2.52. The molecule has 0 bridgehead atoms. The first-order valence-electron chi connectivity index (χ1n) is 6.22. The van der Waals surface area contributed by atoms with Crippen LogP contribution in [0.15, 0.2) is 16.7 Å². The van der Waals surface area contributed by atoms with E-state index in [0.717, 1.165) is 13.1 Å². The average Bonchev–Trinajstić information content (AvgIpc) is 2.88. The molecule has 1 aromatic rings. The molecule has 1 aliphatic heterocycles. The molecule has 1 aromatic heterocycles. The summed E-state index contributed by atoms with van der Waals surface area (Å²) < 4.78 is 5.25. The van der Waals surface area contributed by atoms with E-state index in [-0.39, 0.29) is 5.56 Å². The molecule has 1 N–H and O–H groups in total. The van der Waals surface area contributed by atoms with E-state index in [1.165, 1.54) is 19.2 Å². The maximum absolute atomic E-state index is 10.7. The van der Waals surface area contributed by atoms with Crippen molar-refractivity contribution >= 4 is 5.97 Å². The first-order valence-corrected chi connectivity index (χ1v) is 6.22. The second-order valence-corrected chi connectivity index (χ2v) is 5.22. The molecule has 18 heavy (non-hydrogen) atoms. The van der Waals surface area contributed by atoms with Crippen molar-refractivity contribution in [2.75, 3.05) is 33.7 Å². The molecule has 0 amide bonds. The average molecular weight is 252 g/mol. The maximum Gasteiger partial charge on any atom is 0.338 e. The van der Waals surface area contributed by atoms with Crippen molar-refractivity contribution in [3.8, 4) is 0 Å². The zero-order valence-electron chi connectivity index (χ0n) is 10.9. The number of carbonyl (C=O) groups is 1. The van der Waals surface area contributed by atoms with Crippen LogP contribution in [0.1, 0.15) is 22.5 Å². The number of carboxylic acids is 1. The van der Waals surface area contributed by atoms with E-state index in [1.54, 1.807) is 6.07 Å². The minimum atomic E-state index is -0.940. The summed E-state index contributed by atoms with van der Waals surface area (Å²) in [6.07, 6.45) is 2.54. The second-order valence-electron chi connectivity index (χ2n) is 5.22. The van der Waals surface area contributed by atoms with E-state index in [0.29, 0.717) is 18.2 Å². The Kier molecular flexibility index (Phi) is 4.04. The van der Waals surface area contributed by atoms with Crippen LogP contribution in [-0.2, 0) is 6.54 Å². The van der Waals surface area contributed by atoms with Gasteiger partial charge >= 0.3 is 5.97 Å². The van der Waals surface area contributed by atoms with Crippen LogP contribution in [-0.4, -0.2) is 54.6 Å².